The van der Waals surface area contributed by atoms with Crippen molar-refractivity contribution < 1.29 is 4.79 Å². The topological polar surface area (TPSA) is 32.3 Å². The molecule has 0 radical (unpaired) electrons. The molecule has 0 bridgehead atoms. The van der Waals surface area contributed by atoms with E-state index in [1.165, 1.54) is 5.56 Å². The highest BCUT2D eigenvalue weighted by Gasteiger charge is 2.37. The number of rotatable bonds is 4. The minimum atomic E-state index is 0.0850. The lowest BCUT2D eigenvalue weighted by Crippen LogP contribution is -2.35. The lowest BCUT2D eigenvalue weighted by Gasteiger charge is -2.23. The van der Waals surface area contributed by atoms with Gasteiger partial charge in [0, 0.05) is 13.1 Å². The van der Waals surface area contributed by atoms with Crippen molar-refractivity contribution in [2.75, 3.05) is 20.1 Å². The summed E-state index contributed by atoms with van der Waals surface area (Å²) >= 11 is 3.43. The van der Waals surface area contributed by atoms with Gasteiger partial charge in [0.25, 0.3) is 0 Å². The smallest absolute Gasteiger partial charge is 0.236 e. The van der Waals surface area contributed by atoms with Crippen molar-refractivity contribution in [3.05, 3.63) is 22.4 Å². The third-order valence-corrected chi connectivity index (χ3v) is 4.77. The van der Waals surface area contributed by atoms with E-state index in [4.69, 9.17) is 0 Å². The van der Waals surface area contributed by atoms with E-state index in [2.05, 4.69) is 22.1 Å². The van der Waals surface area contributed by atoms with Crippen LogP contribution in [0.1, 0.15) is 17.9 Å². The van der Waals surface area contributed by atoms with E-state index < -0.39 is 0 Å². The number of nitrogens with one attached hydrogen (secondary N) is 1. The summed E-state index contributed by atoms with van der Waals surface area (Å²) in [5.74, 6) is 0.261. The van der Waals surface area contributed by atoms with E-state index in [0.29, 0.717) is 0 Å². The summed E-state index contributed by atoms with van der Waals surface area (Å²) in [6.45, 7) is 3.62. The number of carbonyl (C=O) groups excluding carboxylic acids is 1. The van der Waals surface area contributed by atoms with Gasteiger partial charge in [0.1, 0.15) is 5.37 Å². The van der Waals surface area contributed by atoms with Crippen molar-refractivity contribution in [1.29, 1.82) is 0 Å². The zero-order valence-corrected chi connectivity index (χ0v) is 11.1. The van der Waals surface area contributed by atoms with Crippen molar-refractivity contribution in [1.82, 2.24) is 10.2 Å². The molecule has 1 saturated heterocycles. The predicted molar refractivity (Wildman–Crippen MR) is 69.8 cm³/mol. The van der Waals surface area contributed by atoms with Crippen LogP contribution in [0.15, 0.2) is 16.8 Å². The number of carbonyl (C=O) groups is 1. The molecule has 2 heterocycles. The Morgan fingerprint density at radius 3 is 3.00 bits per heavy atom. The third kappa shape index (κ3) is 2.26. The minimum absolute atomic E-state index is 0.0850. The van der Waals surface area contributed by atoms with Gasteiger partial charge in [-0.05, 0) is 36.4 Å². The van der Waals surface area contributed by atoms with Crippen molar-refractivity contribution in [3.8, 4) is 0 Å². The summed E-state index contributed by atoms with van der Waals surface area (Å²) in [5.41, 5.74) is 1.25. The lowest BCUT2D eigenvalue weighted by molar-refractivity contribution is -0.129. The average molecular weight is 256 g/mol. The second-order valence-electron chi connectivity index (χ2n) is 3.82. The molecule has 16 heavy (non-hydrogen) atoms. The molecular weight excluding hydrogens is 240 g/mol. The summed E-state index contributed by atoms with van der Waals surface area (Å²) in [7, 11) is 1.91. The highest BCUT2D eigenvalue weighted by Crippen LogP contribution is 2.43. The second-order valence-corrected chi connectivity index (χ2v) is 6.03. The average Bonchev–Trinajstić information content (AvgIpc) is 2.87. The molecule has 0 saturated carbocycles. The monoisotopic (exact) mass is 256 g/mol. The molecule has 1 aliphatic rings. The van der Waals surface area contributed by atoms with Crippen LogP contribution in [0.3, 0.4) is 0 Å². The Kier molecular flexibility index (Phi) is 3.89. The van der Waals surface area contributed by atoms with Gasteiger partial charge in [-0.1, -0.05) is 0 Å². The van der Waals surface area contributed by atoms with Gasteiger partial charge in [-0.2, -0.15) is 11.3 Å². The fourth-order valence-corrected chi connectivity index (χ4v) is 3.87. The van der Waals surface area contributed by atoms with E-state index in [1.54, 1.807) is 23.1 Å². The number of likely N-dealkylation sites (N-methyl/N-ethyl adjacent to an activating group) is 1. The molecule has 1 aromatic heterocycles. The quantitative estimate of drug-likeness (QED) is 0.893. The van der Waals surface area contributed by atoms with Gasteiger partial charge in [-0.15, -0.1) is 11.8 Å². The summed E-state index contributed by atoms with van der Waals surface area (Å²) in [6, 6.07) is 2.11. The maximum atomic E-state index is 12.0. The fourth-order valence-electron chi connectivity index (χ4n) is 1.81. The first-order valence-electron chi connectivity index (χ1n) is 5.36. The largest absolute Gasteiger partial charge is 0.324 e. The molecule has 1 fully saturated rings. The predicted octanol–water partition coefficient (Wildman–Crippen LogP) is 1.93. The van der Waals surface area contributed by atoms with Crippen LogP contribution in [0, 0.1) is 0 Å². The SMILES string of the molecule is CNCCN1C(=O)[C@@H](C)S[C@@H]1c1ccsc1. The molecule has 2 rings (SSSR count). The number of amides is 1. The summed E-state index contributed by atoms with van der Waals surface area (Å²) in [6.07, 6.45) is 0. The molecule has 2 atom stereocenters. The molecule has 0 aliphatic carbocycles. The van der Waals surface area contributed by atoms with Gasteiger partial charge < -0.3 is 10.2 Å². The number of hydrogen-bond donors (Lipinski definition) is 1. The van der Waals surface area contributed by atoms with Crippen molar-refractivity contribution in [3.63, 3.8) is 0 Å². The molecule has 88 valence electrons. The lowest BCUT2D eigenvalue weighted by atomic mass is 10.3. The van der Waals surface area contributed by atoms with Crippen LogP contribution in [-0.2, 0) is 4.79 Å². The first kappa shape index (κ1) is 12.0. The van der Waals surface area contributed by atoms with Crippen LogP contribution in [0.5, 0.6) is 0 Å². The number of nitrogens with zero attached hydrogens (tertiary/aromatic N) is 1. The Bertz CT molecular complexity index is 353. The van der Waals surface area contributed by atoms with E-state index >= 15 is 0 Å². The van der Waals surface area contributed by atoms with Gasteiger partial charge in [-0.3, -0.25) is 4.79 Å². The number of hydrogen-bond acceptors (Lipinski definition) is 4. The standard InChI is InChI=1S/C11H16N2OS2/c1-8-10(14)13(5-4-12-2)11(16-8)9-3-6-15-7-9/h3,6-8,11-12H,4-5H2,1-2H3/t8-,11-/m1/s1. The Morgan fingerprint density at radius 1 is 1.56 bits per heavy atom. The zero-order chi connectivity index (χ0) is 11.5. The highest BCUT2D eigenvalue weighted by molar-refractivity contribution is 8.01. The van der Waals surface area contributed by atoms with Crippen molar-refractivity contribution in [2.45, 2.75) is 17.5 Å². The molecule has 0 spiro atoms. The van der Waals surface area contributed by atoms with Gasteiger partial charge in [0.15, 0.2) is 0 Å². The minimum Gasteiger partial charge on any atom is -0.324 e. The van der Waals surface area contributed by atoms with Gasteiger partial charge in [0.05, 0.1) is 5.25 Å². The van der Waals surface area contributed by atoms with Crippen LogP contribution in [0.4, 0.5) is 0 Å². The van der Waals surface area contributed by atoms with Crippen LogP contribution < -0.4 is 5.32 Å². The van der Waals surface area contributed by atoms with E-state index in [-0.39, 0.29) is 16.5 Å². The normalized spacial score (nSPS) is 25.4. The first-order chi connectivity index (χ1) is 7.74. The second kappa shape index (κ2) is 5.21. The Hall–Kier alpha value is -0.520. The summed E-state index contributed by atoms with van der Waals surface area (Å²) in [5, 5.41) is 7.59. The van der Waals surface area contributed by atoms with Gasteiger partial charge >= 0.3 is 0 Å². The van der Waals surface area contributed by atoms with E-state index in [0.717, 1.165) is 13.1 Å². The van der Waals surface area contributed by atoms with Crippen LogP contribution in [-0.4, -0.2) is 36.2 Å². The van der Waals surface area contributed by atoms with Crippen molar-refractivity contribution >= 4 is 29.0 Å². The van der Waals surface area contributed by atoms with E-state index in [9.17, 15) is 4.79 Å². The highest BCUT2D eigenvalue weighted by atomic mass is 32.2. The molecule has 1 N–H and O–H groups in total. The fraction of sp³-hybridized carbons (Fsp3) is 0.545. The van der Waals surface area contributed by atoms with Crippen LogP contribution in [0.25, 0.3) is 0 Å². The molecule has 0 unspecified atom stereocenters. The molecule has 1 amide bonds. The Labute approximate surface area is 104 Å². The molecule has 3 nitrogen and oxygen atoms in total. The van der Waals surface area contributed by atoms with Gasteiger partial charge in [0.2, 0.25) is 5.91 Å². The van der Waals surface area contributed by atoms with Crippen LogP contribution in [0.2, 0.25) is 0 Å². The molecule has 5 heteroatoms. The molecule has 0 aromatic carbocycles. The maximum Gasteiger partial charge on any atom is 0.236 e. The molecule has 1 aromatic rings. The zero-order valence-electron chi connectivity index (χ0n) is 9.47. The Balaban J connectivity index is 2.13. The molecular formula is C11H16N2OS2. The Morgan fingerprint density at radius 2 is 2.38 bits per heavy atom. The van der Waals surface area contributed by atoms with E-state index in [1.807, 2.05) is 18.9 Å². The first-order valence-corrected chi connectivity index (χ1v) is 7.25. The maximum absolute atomic E-state index is 12.0. The van der Waals surface area contributed by atoms with Gasteiger partial charge in [-0.25, -0.2) is 0 Å². The molecule has 1 aliphatic heterocycles. The van der Waals surface area contributed by atoms with Crippen LogP contribution >= 0.6 is 23.1 Å². The summed E-state index contributed by atoms with van der Waals surface area (Å²) in [4.78, 5) is 14.0. The number of thioether (sulfide) groups is 1. The third-order valence-electron chi connectivity index (χ3n) is 2.68. The number of thiophene rings is 1. The summed E-state index contributed by atoms with van der Waals surface area (Å²) < 4.78 is 0. The van der Waals surface area contributed by atoms with Crippen molar-refractivity contribution in [2.24, 2.45) is 0 Å².